The Bertz CT molecular complexity index is 423. The lowest BCUT2D eigenvalue weighted by molar-refractivity contribution is -0.118. The summed E-state index contributed by atoms with van der Waals surface area (Å²) in [5, 5.41) is 3.19. The van der Waals surface area contributed by atoms with Gasteiger partial charge in [-0.2, -0.15) is 4.31 Å². The van der Waals surface area contributed by atoms with Crippen molar-refractivity contribution in [2.24, 2.45) is 11.1 Å². The second-order valence-corrected chi connectivity index (χ2v) is 8.66. The second kappa shape index (κ2) is 6.87. The third-order valence-corrected chi connectivity index (χ3v) is 5.36. The zero-order valence-corrected chi connectivity index (χ0v) is 13.5. The molecule has 1 aliphatic heterocycles. The lowest BCUT2D eigenvalue weighted by atomic mass is 9.94. The van der Waals surface area contributed by atoms with Gasteiger partial charge in [-0.1, -0.05) is 20.8 Å². The molecule has 0 aromatic heterocycles. The second-order valence-electron chi connectivity index (χ2n) is 6.62. The number of hydrogen-bond donors (Lipinski definition) is 2. The van der Waals surface area contributed by atoms with Crippen molar-refractivity contribution in [1.29, 1.82) is 0 Å². The maximum absolute atomic E-state index is 12.5. The highest BCUT2D eigenvalue weighted by atomic mass is 32.2. The minimum absolute atomic E-state index is 0.0560. The average molecular weight is 305 g/mol. The number of amides is 1. The van der Waals surface area contributed by atoms with Gasteiger partial charge < -0.3 is 11.1 Å². The van der Waals surface area contributed by atoms with Crippen LogP contribution < -0.4 is 11.1 Å². The van der Waals surface area contributed by atoms with E-state index in [0.29, 0.717) is 6.42 Å². The van der Waals surface area contributed by atoms with Crippen molar-refractivity contribution in [1.82, 2.24) is 9.62 Å². The molecule has 1 heterocycles. The van der Waals surface area contributed by atoms with Crippen LogP contribution in [0.15, 0.2) is 0 Å². The Morgan fingerprint density at radius 3 is 2.30 bits per heavy atom. The number of hydrogen-bond acceptors (Lipinski definition) is 4. The molecule has 1 rings (SSSR count). The SMILES string of the molecule is CC(C)(C)CCS(=O)(=O)N(CC(N)=O)C1CCNCC1. The molecule has 6 nitrogen and oxygen atoms in total. The maximum atomic E-state index is 12.5. The number of sulfonamides is 1. The molecule has 1 fully saturated rings. The van der Waals surface area contributed by atoms with Crippen LogP contribution in [0.4, 0.5) is 0 Å². The van der Waals surface area contributed by atoms with Gasteiger partial charge in [0.05, 0.1) is 12.3 Å². The largest absolute Gasteiger partial charge is 0.369 e. The minimum atomic E-state index is -3.45. The number of carbonyl (C=O) groups is 1. The predicted octanol–water partition coefficient (Wildman–Crippen LogP) is 0.292. The highest BCUT2D eigenvalue weighted by Crippen LogP contribution is 2.23. The van der Waals surface area contributed by atoms with Crippen LogP contribution in [0.3, 0.4) is 0 Å². The number of primary amides is 1. The summed E-state index contributed by atoms with van der Waals surface area (Å²) < 4.78 is 26.3. The third kappa shape index (κ3) is 5.76. The molecule has 1 aliphatic rings. The Kier molecular flexibility index (Phi) is 5.97. The first-order chi connectivity index (χ1) is 9.12. The maximum Gasteiger partial charge on any atom is 0.232 e. The summed E-state index contributed by atoms with van der Waals surface area (Å²) in [7, 11) is -3.45. The highest BCUT2D eigenvalue weighted by molar-refractivity contribution is 7.89. The molecule has 0 spiro atoms. The molecule has 7 heteroatoms. The molecule has 0 aromatic rings. The summed E-state index contributed by atoms with van der Waals surface area (Å²) in [5.74, 6) is -0.531. The summed E-state index contributed by atoms with van der Waals surface area (Å²) in [5.41, 5.74) is 5.16. The normalized spacial score (nSPS) is 18.4. The minimum Gasteiger partial charge on any atom is -0.369 e. The van der Waals surface area contributed by atoms with Gasteiger partial charge in [0.2, 0.25) is 15.9 Å². The number of rotatable bonds is 6. The van der Waals surface area contributed by atoms with E-state index in [0.717, 1.165) is 25.9 Å². The summed E-state index contributed by atoms with van der Waals surface area (Å²) in [6.45, 7) is 7.35. The molecule has 1 amide bonds. The van der Waals surface area contributed by atoms with E-state index in [1.54, 1.807) is 0 Å². The van der Waals surface area contributed by atoms with E-state index < -0.39 is 15.9 Å². The van der Waals surface area contributed by atoms with Crippen molar-refractivity contribution in [3.8, 4) is 0 Å². The van der Waals surface area contributed by atoms with Gasteiger partial charge in [0.25, 0.3) is 0 Å². The standard InChI is InChI=1S/C13H27N3O3S/c1-13(2,3)6-9-20(18,19)16(10-12(14)17)11-4-7-15-8-5-11/h11,15H,4-10H2,1-3H3,(H2,14,17). The Morgan fingerprint density at radius 1 is 1.30 bits per heavy atom. The van der Waals surface area contributed by atoms with Crippen LogP contribution in [-0.4, -0.2) is 50.1 Å². The lowest BCUT2D eigenvalue weighted by Gasteiger charge is -2.33. The summed E-state index contributed by atoms with van der Waals surface area (Å²) in [6.07, 6.45) is 2.01. The molecular formula is C13H27N3O3S. The van der Waals surface area contributed by atoms with Gasteiger partial charge in [-0.25, -0.2) is 8.42 Å². The number of piperidine rings is 1. The Labute approximate surface area is 122 Å². The summed E-state index contributed by atoms with van der Waals surface area (Å²) in [6, 6.07) is -0.117. The Balaban J connectivity index is 2.82. The van der Waals surface area contributed by atoms with Crippen LogP contribution >= 0.6 is 0 Å². The number of nitrogens with one attached hydrogen (secondary N) is 1. The Morgan fingerprint density at radius 2 is 1.85 bits per heavy atom. The van der Waals surface area contributed by atoms with Gasteiger partial charge in [-0.3, -0.25) is 4.79 Å². The van der Waals surface area contributed by atoms with Crippen LogP contribution in [0.1, 0.15) is 40.0 Å². The fourth-order valence-electron chi connectivity index (χ4n) is 2.26. The van der Waals surface area contributed by atoms with Crippen molar-refractivity contribution in [3.05, 3.63) is 0 Å². The van der Waals surface area contributed by atoms with Gasteiger partial charge in [0.1, 0.15) is 0 Å². The smallest absolute Gasteiger partial charge is 0.232 e. The molecule has 20 heavy (non-hydrogen) atoms. The molecule has 0 radical (unpaired) electrons. The molecule has 0 atom stereocenters. The first kappa shape index (κ1) is 17.4. The first-order valence-electron chi connectivity index (χ1n) is 7.10. The van der Waals surface area contributed by atoms with Crippen LogP contribution in [0.5, 0.6) is 0 Å². The third-order valence-electron chi connectivity index (χ3n) is 3.49. The van der Waals surface area contributed by atoms with Crippen molar-refractivity contribution in [2.45, 2.75) is 46.1 Å². The van der Waals surface area contributed by atoms with Crippen LogP contribution in [0.25, 0.3) is 0 Å². The predicted molar refractivity (Wildman–Crippen MR) is 79.7 cm³/mol. The zero-order chi connectivity index (χ0) is 15.4. The van der Waals surface area contributed by atoms with Crippen LogP contribution in [-0.2, 0) is 14.8 Å². The molecular weight excluding hydrogens is 278 g/mol. The zero-order valence-electron chi connectivity index (χ0n) is 12.7. The average Bonchev–Trinajstić information content (AvgIpc) is 2.34. The molecule has 0 aliphatic carbocycles. The van der Waals surface area contributed by atoms with E-state index in [4.69, 9.17) is 5.73 Å². The van der Waals surface area contributed by atoms with E-state index in [9.17, 15) is 13.2 Å². The Hall–Kier alpha value is -0.660. The number of carbonyl (C=O) groups excluding carboxylic acids is 1. The van der Waals surface area contributed by atoms with Crippen molar-refractivity contribution in [3.63, 3.8) is 0 Å². The topological polar surface area (TPSA) is 92.5 Å². The van der Waals surface area contributed by atoms with Crippen LogP contribution in [0, 0.1) is 5.41 Å². The number of nitrogens with zero attached hydrogens (tertiary/aromatic N) is 1. The van der Waals surface area contributed by atoms with E-state index >= 15 is 0 Å². The number of nitrogens with two attached hydrogens (primary N) is 1. The van der Waals surface area contributed by atoms with Gasteiger partial charge >= 0.3 is 0 Å². The lowest BCUT2D eigenvalue weighted by Crippen LogP contribution is -2.50. The molecule has 118 valence electrons. The van der Waals surface area contributed by atoms with Gasteiger partial charge in [0, 0.05) is 6.04 Å². The summed E-state index contributed by atoms with van der Waals surface area (Å²) in [4.78, 5) is 11.2. The molecule has 0 saturated carbocycles. The van der Waals surface area contributed by atoms with Crippen molar-refractivity contribution < 1.29 is 13.2 Å². The van der Waals surface area contributed by atoms with Gasteiger partial charge in [-0.15, -0.1) is 0 Å². The van der Waals surface area contributed by atoms with E-state index in [-0.39, 0.29) is 23.8 Å². The quantitative estimate of drug-likeness (QED) is 0.738. The first-order valence-corrected chi connectivity index (χ1v) is 8.71. The highest BCUT2D eigenvalue weighted by Gasteiger charge is 2.32. The van der Waals surface area contributed by atoms with E-state index in [1.807, 2.05) is 20.8 Å². The monoisotopic (exact) mass is 305 g/mol. The fourth-order valence-corrected chi connectivity index (χ4v) is 4.35. The molecule has 1 saturated heterocycles. The van der Waals surface area contributed by atoms with Crippen molar-refractivity contribution in [2.75, 3.05) is 25.4 Å². The van der Waals surface area contributed by atoms with E-state index in [1.165, 1.54) is 4.31 Å². The van der Waals surface area contributed by atoms with E-state index in [2.05, 4.69) is 5.32 Å². The molecule has 0 bridgehead atoms. The molecule has 0 unspecified atom stereocenters. The van der Waals surface area contributed by atoms with Crippen LogP contribution in [0.2, 0.25) is 0 Å². The van der Waals surface area contributed by atoms with Gasteiger partial charge in [0.15, 0.2) is 0 Å². The molecule has 3 N–H and O–H groups in total. The fraction of sp³-hybridized carbons (Fsp3) is 0.923. The molecule has 0 aromatic carbocycles. The van der Waals surface area contributed by atoms with Crippen molar-refractivity contribution >= 4 is 15.9 Å². The summed E-state index contributed by atoms with van der Waals surface area (Å²) >= 11 is 0. The van der Waals surface area contributed by atoms with Gasteiger partial charge in [-0.05, 0) is 37.8 Å².